The first-order valence-electron chi connectivity index (χ1n) is 10.9. The Bertz CT molecular complexity index is 1570. The van der Waals surface area contributed by atoms with E-state index in [2.05, 4.69) is 25.3 Å². The number of sulfonamides is 2. The molecule has 2 aromatic carbocycles. The molecule has 0 fully saturated rings. The fourth-order valence-electron chi connectivity index (χ4n) is 3.48. The first-order chi connectivity index (χ1) is 17.2. The summed E-state index contributed by atoms with van der Waals surface area (Å²) >= 11 is 0. The Morgan fingerprint density at radius 1 is 0.917 bits per heavy atom. The van der Waals surface area contributed by atoms with Crippen LogP contribution in [0.15, 0.2) is 70.5 Å². The lowest BCUT2D eigenvalue weighted by Crippen LogP contribution is -2.27. The van der Waals surface area contributed by atoms with Crippen LogP contribution in [0.3, 0.4) is 0 Å². The van der Waals surface area contributed by atoms with E-state index in [1.807, 2.05) is 0 Å². The fraction of sp³-hybridized carbons (Fsp3) is 0.227. The maximum Gasteiger partial charge on any atom is 0.244 e. The number of hydrogen-bond donors (Lipinski definition) is 3. The molecule has 0 atom stereocenters. The van der Waals surface area contributed by atoms with Crippen LogP contribution in [0.5, 0.6) is 5.75 Å². The molecule has 0 aliphatic rings. The Hall–Kier alpha value is -3.59. The molecule has 0 spiro atoms. The highest BCUT2D eigenvalue weighted by atomic mass is 32.2. The molecule has 14 heteroatoms. The number of nitrogens with two attached hydrogens (primary N) is 1. The smallest absolute Gasteiger partial charge is 0.244 e. The van der Waals surface area contributed by atoms with E-state index in [4.69, 9.17) is 9.88 Å². The van der Waals surface area contributed by atoms with Gasteiger partial charge in [-0.15, -0.1) is 15.3 Å². The van der Waals surface area contributed by atoms with E-state index in [0.29, 0.717) is 30.3 Å². The van der Waals surface area contributed by atoms with Crippen molar-refractivity contribution >= 4 is 31.5 Å². The maximum atomic E-state index is 12.7. The molecule has 0 saturated carbocycles. The molecule has 0 aliphatic heterocycles. The Morgan fingerprint density at radius 2 is 1.67 bits per heavy atom. The summed E-state index contributed by atoms with van der Waals surface area (Å²) in [7, 11) is -6.08. The molecule has 2 heterocycles. The second-order valence-electron chi connectivity index (χ2n) is 7.77. The molecular weight excluding hydrogens is 506 g/mol. The zero-order chi connectivity index (χ0) is 25.8. The molecule has 0 unspecified atom stereocenters. The van der Waals surface area contributed by atoms with Gasteiger partial charge in [-0.25, -0.2) is 26.7 Å². The number of ether oxygens (including phenoxy) is 1. The Morgan fingerprint density at radius 3 is 2.39 bits per heavy atom. The standard InChI is InChI=1S/C22H25N7O5S2/c1-34-18-4-2-3-5-19(18)36(32,33)25-15-13-22-27-26-21-11-10-20(28-29(21)22)24-14-12-16-6-8-17(9-7-16)35(23,30)31/h2-11,25H,12-15H2,1H3,(H,24,28)(H2,23,30,31). The molecule has 0 aliphatic carbocycles. The molecule has 4 rings (SSSR count). The third kappa shape index (κ3) is 5.96. The van der Waals surface area contributed by atoms with E-state index < -0.39 is 20.0 Å². The number of rotatable bonds is 11. The summed E-state index contributed by atoms with van der Waals surface area (Å²) in [5.41, 5.74) is 1.46. The first-order valence-corrected chi connectivity index (χ1v) is 13.9. The molecule has 0 bridgehead atoms. The number of hydrogen-bond acceptors (Lipinski definition) is 9. The van der Waals surface area contributed by atoms with Crippen molar-refractivity contribution in [3.8, 4) is 5.75 Å². The van der Waals surface area contributed by atoms with E-state index in [1.165, 1.54) is 25.3 Å². The van der Waals surface area contributed by atoms with Crippen LogP contribution in [-0.2, 0) is 32.9 Å². The predicted molar refractivity (Wildman–Crippen MR) is 133 cm³/mol. The highest BCUT2D eigenvalue weighted by Gasteiger charge is 2.19. The van der Waals surface area contributed by atoms with E-state index in [-0.39, 0.29) is 28.5 Å². The summed E-state index contributed by atoms with van der Waals surface area (Å²) in [4.78, 5) is 0.124. The topological polar surface area (TPSA) is 171 Å². The molecule has 190 valence electrons. The number of benzene rings is 2. The lowest BCUT2D eigenvalue weighted by Gasteiger charge is -2.10. The van der Waals surface area contributed by atoms with Crippen molar-refractivity contribution in [1.29, 1.82) is 0 Å². The predicted octanol–water partition coefficient (Wildman–Crippen LogP) is 0.956. The summed E-state index contributed by atoms with van der Waals surface area (Å²) in [6.45, 7) is 0.637. The van der Waals surface area contributed by atoms with E-state index in [9.17, 15) is 16.8 Å². The molecular formula is C22H25N7O5S2. The van der Waals surface area contributed by atoms with Gasteiger partial charge in [0.15, 0.2) is 11.5 Å². The van der Waals surface area contributed by atoms with Crippen LogP contribution in [-0.4, -0.2) is 56.8 Å². The van der Waals surface area contributed by atoms with Gasteiger partial charge in [0.1, 0.15) is 16.5 Å². The van der Waals surface area contributed by atoms with Gasteiger partial charge in [0, 0.05) is 19.5 Å². The lowest BCUT2D eigenvalue weighted by atomic mass is 10.1. The summed E-state index contributed by atoms with van der Waals surface area (Å²) in [6.07, 6.45) is 0.896. The summed E-state index contributed by atoms with van der Waals surface area (Å²) in [5.74, 6) is 1.34. The third-order valence-electron chi connectivity index (χ3n) is 5.30. The Kier molecular flexibility index (Phi) is 7.49. The van der Waals surface area contributed by atoms with Gasteiger partial charge in [-0.05, 0) is 48.4 Å². The van der Waals surface area contributed by atoms with E-state index >= 15 is 0 Å². The van der Waals surface area contributed by atoms with E-state index in [0.717, 1.165) is 5.56 Å². The van der Waals surface area contributed by atoms with Crippen LogP contribution in [0.4, 0.5) is 5.82 Å². The summed E-state index contributed by atoms with van der Waals surface area (Å²) in [6, 6.07) is 16.3. The fourth-order valence-corrected chi connectivity index (χ4v) is 5.20. The lowest BCUT2D eigenvalue weighted by molar-refractivity contribution is 0.402. The SMILES string of the molecule is COc1ccccc1S(=O)(=O)NCCc1nnc2ccc(NCCc3ccc(S(N)(=O)=O)cc3)nn12. The van der Waals surface area contributed by atoms with E-state index in [1.54, 1.807) is 47.0 Å². The number of anilines is 1. The third-order valence-corrected chi connectivity index (χ3v) is 7.73. The van der Waals surface area contributed by atoms with Gasteiger partial charge in [-0.1, -0.05) is 24.3 Å². The van der Waals surface area contributed by atoms with Gasteiger partial charge in [-0.2, -0.15) is 4.52 Å². The molecule has 4 aromatic rings. The van der Waals surface area contributed by atoms with Gasteiger partial charge in [0.2, 0.25) is 20.0 Å². The number of nitrogens with one attached hydrogen (secondary N) is 2. The van der Waals surface area contributed by atoms with Gasteiger partial charge in [0.25, 0.3) is 0 Å². The van der Waals surface area contributed by atoms with Crippen LogP contribution in [0.2, 0.25) is 0 Å². The van der Waals surface area contributed by atoms with Crippen molar-refractivity contribution in [3.05, 3.63) is 72.1 Å². The molecule has 0 radical (unpaired) electrons. The number of primary sulfonamides is 1. The highest BCUT2D eigenvalue weighted by molar-refractivity contribution is 7.89. The number of aromatic nitrogens is 4. The molecule has 0 amide bonds. The van der Waals surface area contributed by atoms with Gasteiger partial charge in [-0.3, -0.25) is 0 Å². The largest absolute Gasteiger partial charge is 0.495 e. The van der Waals surface area contributed by atoms with Gasteiger partial charge in [0.05, 0.1) is 12.0 Å². The summed E-state index contributed by atoms with van der Waals surface area (Å²) < 4.78 is 57.3. The molecule has 0 saturated heterocycles. The molecule has 12 nitrogen and oxygen atoms in total. The average Bonchev–Trinajstić information content (AvgIpc) is 3.26. The van der Waals surface area contributed by atoms with Crippen molar-refractivity contribution in [2.24, 2.45) is 5.14 Å². The highest BCUT2D eigenvalue weighted by Crippen LogP contribution is 2.22. The minimum Gasteiger partial charge on any atom is -0.495 e. The molecule has 2 aromatic heterocycles. The number of nitrogens with zero attached hydrogens (tertiary/aromatic N) is 4. The minimum absolute atomic E-state index is 0.0579. The Balaban J connectivity index is 1.37. The van der Waals surface area contributed by atoms with Crippen molar-refractivity contribution < 1.29 is 21.6 Å². The van der Waals surface area contributed by atoms with Crippen LogP contribution < -0.4 is 19.9 Å². The quantitative estimate of drug-likeness (QED) is 0.255. The number of para-hydroxylation sites is 1. The van der Waals surface area contributed by atoms with Crippen molar-refractivity contribution in [2.75, 3.05) is 25.5 Å². The summed E-state index contributed by atoms with van der Waals surface area (Å²) in [5, 5.41) is 21.0. The van der Waals surface area contributed by atoms with Crippen LogP contribution >= 0.6 is 0 Å². The average molecular weight is 532 g/mol. The minimum atomic E-state index is -3.77. The zero-order valence-electron chi connectivity index (χ0n) is 19.3. The second-order valence-corrected chi connectivity index (χ2v) is 11.1. The first kappa shape index (κ1) is 25.5. The van der Waals surface area contributed by atoms with Crippen molar-refractivity contribution in [2.45, 2.75) is 22.6 Å². The number of fused-ring (bicyclic) bond motifs is 1. The normalized spacial score (nSPS) is 12.1. The van der Waals surface area contributed by atoms with Crippen molar-refractivity contribution in [1.82, 2.24) is 24.5 Å². The van der Waals surface area contributed by atoms with Crippen LogP contribution in [0.1, 0.15) is 11.4 Å². The Labute approximate surface area is 208 Å². The molecule has 36 heavy (non-hydrogen) atoms. The van der Waals surface area contributed by atoms with Crippen molar-refractivity contribution in [3.63, 3.8) is 0 Å². The number of methoxy groups -OCH3 is 1. The van der Waals surface area contributed by atoms with Crippen LogP contribution in [0.25, 0.3) is 5.65 Å². The zero-order valence-corrected chi connectivity index (χ0v) is 21.0. The monoisotopic (exact) mass is 531 g/mol. The second kappa shape index (κ2) is 10.6. The maximum absolute atomic E-state index is 12.7. The molecule has 4 N–H and O–H groups in total. The van der Waals surface area contributed by atoms with Crippen LogP contribution in [0, 0.1) is 0 Å². The van der Waals surface area contributed by atoms with Gasteiger partial charge < -0.3 is 10.1 Å². The van der Waals surface area contributed by atoms with Gasteiger partial charge >= 0.3 is 0 Å².